The van der Waals surface area contributed by atoms with Gasteiger partial charge < -0.3 is 4.74 Å². The van der Waals surface area contributed by atoms with Crippen LogP contribution < -0.4 is 4.74 Å². The van der Waals surface area contributed by atoms with E-state index in [9.17, 15) is 4.39 Å². The highest BCUT2D eigenvalue weighted by Crippen LogP contribution is 2.21. The second kappa shape index (κ2) is 6.06. The summed E-state index contributed by atoms with van der Waals surface area (Å²) in [5, 5.41) is 0. The lowest BCUT2D eigenvalue weighted by Gasteiger charge is -2.28. The predicted octanol–water partition coefficient (Wildman–Crippen LogP) is 3.26. The van der Waals surface area contributed by atoms with Gasteiger partial charge >= 0.3 is 0 Å². The van der Waals surface area contributed by atoms with Gasteiger partial charge in [-0.2, -0.15) is 0 Å². The number of benzene rings is 2. The fourth-order valence-electron chi connectivity index (χ4n) is 2.60. The van der Waals surface area contributed by atoms with Crippen LogP contribution >= 0.6 is 0 Å². The Bertz CT molecular complexity index is 570. The van der Waals surface area contributed by atoms with Crippen molar-refractivity contribution < 1.29 is 9.13 Å². The van der Waals surface area contributed by atoms with Gasteiger partial charge in [-0.1, -0.05) is 30.3 Å². The van der Waals surface area contributed by atoms with Crippen molar-refractivity contribution in [2.24, 2.45) is 0 Å². The summed E-state index contributed by atoms with van der Waals surface area (Å²) in [4.78, 5) is 2.24. The maximum absolute atomic E-state index is 13.8. The molecular weight excluding hydrogens is 253 g/mol. The van der Waals surface area contributed by atoms with Crippen LogP contribution in [0.1, 0.15) is 11.1 Å². The molecule has 20 heavy (non-hydrogen) atoms. The van der Waals surface area contributed by atoms with Crippen LogP contribution in [0.2, 0.25) is 0 Å². The normalized spacial score (nSPS) is 14.8. The average molecular weight is 271 g/mol. The van der Waals surface area contributed by atoms with Gasteiger partial charge in [-0.05, 0) is 30.2 Å². The first-order chi connectivity index (χ1) is 9.83. The maximum Gasteiger partial charge on any atom is 0.127 e. The van der Waals surface area contributed by atoms with Gasteiger partial charge in [-0.3, -0.25) is 4.90 Å². The topological polar surface area (TPSA) is 12.5 Å². The number of hydrogen-bond acceptors (Lipinski definition) is 2. The van der Waals surface area contributed by atoms with Crippen LogP contribution in [0.25, 0.3) is 0 Å². The van der Waals surface area contributed by atoms with Crippen molar-refractivity contribution in [2.45, 2.75) is 13.0 Å². The molecule has 0 saturated heterocycles. The molecule has 2 aromatic rings. The van der Waals surface area contributed by atoms with E-state index in [0.29, 0.717) is 13.2 Å². The second-order valence-corrected chi connectivity index (χ2v) is 5.07. The summed E-state index contributed by atoms with van der Waals surface area (Å²) in [5.41, 5.74) is 1.99. The van der Waals surface area contributed by atoms with Gasteiger partial charge in [0.2, 0.25) is 0 Å². The molecule has 0 spiro atoms. The molecule has 0 aromatic heterocycles. The minimum atomic E-state index is -0.0869. The van der Waals surface area contributed by atoms with Crippen LogP contribution in [0.5, 0.6) is 5.75 Å². The average Bonchev–Trinajstić information content (AvgIpc) is 2.49. The lowest BCUT2D eigenvalue weighted by Crippen LogP contribution is -2.34. The lowest BCUT2D eigenvalue weighted by atomic mass is 9.99. The molecule has 2 aromatic carbocycles. The number of ether oxygens (including phenoxy) is 1. The predicted molar refractivity (Wildman–Crippen MR) is 77.3 cm³/mol. The van der Waals surface area contributed by atoms with Gasteiger partial charge in [-0.25, -0.2) is 4.39 Å². The third-order valence-corrected chi connectivity index (χ3v) is 3.71. The number of halogens is 1. The van der Waals surface area contributed by atoms with Gasteiger partial charge in [-0.15, -0.1) is 0 Å². The fraction of sp³-hybridized carbons (Fsp3) is 0.294. The van der Waals surface area contributed by atoms with Crippen molar-refractivity contribution in [3.63, 3.8) is 0 Å². The molecule has 3 heteroatoms. The Hall–Kier alpha value is -1.87. The zero-order valence-corrected chi connectivity index (χ0v) is 11.4. The van der Waals surface area contributed by atoms with E-state index in [1.165, 1.54) is 0 Å². The molecule has 1 heterocycles. The van der Waals surface area contributed by atoms with Crippen molar-refractivity contribution in [3.8, 4) is 5.75 Å². The monoisotopic (exact) mass is 271 g/mol. The molecule has 1 aliphatic rings. The largest absolute Gasteiger partial charge is 0.492 e. The molecule has 0 fully saturated rings. The first-order valence-corrected chi connectivity index (χ1v) is 6.99. The number of fused-ring (bicyclic) bond motifs is 1. The summed E-state index contributed by atoms with van der Waals surface area (Å²) in [6.07, 6.45) is 0.915. The van der Waals surface area contributed by atoms with Gasteiger partial charge in [0, 0.05) is 25.2 Å². The van der Waals surface area contributed by atoms with Crippen molar-refractivity contribution in [1.82, 2.24) is 4.90 Å². The number of para-hydroxylation sites is 1. The van der Waals surface area contributed by atoms with E-state index in [1.54, 1.807) is 12.1 Å². The van der Waals surface area contributed by atoms with E-state index in [1.807, 2.05) is 36.4 Å². The molecule has 3 rings (SSSR count). The van der Waals surface area contributed by atoms with Crippen LogP contribution in [0, 0.1) is 5.82 Å². The number of rotatable bonds is 4. The van der Waals surface area contributed by atoms with Crippen molar-refractivity contribution >= 4 is 0 Å². The summed E-state index contributed by atoms with van der Waals surface area (Å²) in [6.45, 7) is 3.10. The zero-order valence-electron chi connectivity index (χ0n) is 11.4. The molecule has 0 N–H and O–H groups in total. The third-order valence-electron chi connectivity index (χ3n) is 3.71. The molecule has 1 aliphatic heterocycles. The smallest absolute Gasteiger partial charge is 0.127 e. The molecule has 0 amide bonds. The Balaban J connectivity index is 1.54. The Morgan fingerprint density at radius 1 is 1.05 bits per heavy atom. The Morgan fingerprint density at radius 3 is 2.75 bits per heavy atom. The third kappa shape index (κ3) is 2.99. The highest BCUT2D eigenvalue weighted by Gasteiger charge is 2.18. The highest BCUT2D eigenvalue weighted by atomic mass is 19.1. The molecule has 2 nitrogen and oxygen atoms in total. The summed E-state index contributed by atoms with van der Waals surface area (Å²) in [7, 11) is 0. The van der Waals surface area contributed by atoms with Crippen LogP contribution in [-0.4, -0.2) is 24.6 Å². The van der Waals surface area contributed by atoms with Crippen molar-refractivity contribution in [2.75, 3.05) is 19.7 Å². The summed E-state index contributed by atoms with van der Waals surface area (Å²) < 4.78 is 19.5. The van der Waals surface area contributed by atoms with E-state index < -0.39 is 0 Å². The van der Waals surface area contributed by atoms with Crippen molar-refractivity contribution in [1.29, 1.82) is 0 Å². The number of nitrogens with zero attached hydrogens (tertiary/aromatic N) is 1. The molecule has 104 valence electrons. The zero-order chi connectivity index (χ0) is 13.8. The van der Waals surface area contributed by atoms with Crippen LogP contribution in [-0.2, 0) is 13.0 Å². The molecule has 0 unspecified atom stereocenters. The molecule has 0 saturated carbocycles. The van der Waals surface area contributed by atoms with E-state index in [0.717, 1.165) is 36.4 Å². The van der Waals surface area contributed by atoms with E-state index in [4.69, 9.17) is 4.74 Å². The van der Waals surface area contributed by atoms with E-state index in [2.05, 4.69) is 4.90 Å². The SMILES string of the molecule is Fc1cccc2c1CN(CCOc1ccccc1)CC2. The van der Waals surface area contributed by atoms with Gasteiger partial charge in [0.25, 0.3) is 0 Å². The minimum Gasteiger partial charge on any atom is -0.492 e. The molecule has 0 atom stereocenters. The Kier molecular flexibility index (Phi) is 3.97. The van der Waals surface area contributed by atoms with Gasteiger partial charge in [0.1, 0.15) is 18.2 Å². The summed E-state index contributed by atoms with van der Waals surface area (Å²) >= 11 is 0. The standard InChI is InChI=1S/C17H18FNO/c18-17-8-4-5-14-9-10-19(13-16(14)17)11-12-20-15-6-2-1-3-7-15/h1-8H,9-13H2. The first-order valence-electron chi connectivity index (χ1n) is 6.99. The number of hydrogen-bond donors (Lipinski definition) is 0. The second-order valence-electron chi connectivity index (χ2n) is 5.07. The Labute approximate surface area is 118 Å². The fourth-order valence-corrected chi connectivity index (χ4v) is 2.60. The molecule has 0 aliphatic carbocycles. The van der Waals surface area contributed by atoms with Gasteiger partial charge in [0.15, 0.2) is 0 Å². The molecule has 0 radical (unpaired) electrons. The van der Waals surface area contributed by atoms with Crippen LogP contribution in [0.3, 0.4) is 0 Å². The molecular formula is C17H18FNO. The van der Waals surface area contributed by atoms with Gasteiger partial charge in [0.05, 0.1) is 0 Å². The van der Waals surface area contributed by atoms with Crippen LogP contribution in [0.4, 0.5) is 4.39 Å². The first kappa shape index (κ1) is 13.1. The maximum atomic E-state index is 13.8. The summed E-state index contributed by atoms with van der Waals surface area (Å²) in [5.74, 6) is 0.798. The Morgan fingerprint density at radius 2 is 1.90 bits per heavy atom. The van der Waals surface area contributed by atoms with Crippen LogP contribution in [0.15, 0.2) is 48.5 Å². The van der Waals surface area contributed by atoms with E-state index in [-0.39, 0.29) is 5.82 Å². The minimum absolute atomic E-state index is 0.0869. The highest BCUT2D eigenvalue weighted by molar-refractivity contribution is 5.30. The summed E-state index contributed by atoms with van der Waals surface area (Å²) in [6, 6.07) is 15.2. The quantitative estimate of drug-likeness (QED) is 0.846. The van der Waals surface area contributed by atoms with Crippen molar-refractivity contribution in [3.05, 3.63) is 65.5 Å². The van der Waals surface area contributed by atoms with E-state index >= 15 is 0 Å². The molecule has 0 bridgehead atoms. The lowest BCUT2D eigenvalue weighted by molar-refractivity contribution is 0.194.